The van der Waals surface area contributed by atoms with Crippen LogP contribution in [0.1, 0.15) is 39.3 Å². The molecule has 3 heterocycles. The predicted octanol–water partition coefficient (Wildman–Crippen LogP) is -1.01. The van der Waals surface area contributed by atoms with Gasteiger partial charge in [-0.05, 0) is 18.9 Å². The lowest BCUT2D eigenvalue weighted by atomic mass is 9.87. The SMILES string of the molecule is CC(C)(COP(=O)(O)OP(=O)(O)OC[C@H]1O[C@@H](n2cnc3c(N)ncnc32)[C@H](O)[C@@H]1OP(=O)(O)O)[C@@H](O)C(=O)NCCC(=O)NCCSC(=O)/C=C/CCCO. The lowest BCUT2D eigenvalue weighted by molar-refractivity contribution is -0.137. The number of amides is 2. The number of nitrogen functional groups attached to an aromatic ring is 1. The summed E-state index contributed by atoms with van der Waals surface area (Å²) in [5, 5.41) is 34.8. The maximum atomic E-state index is 12.7. The summed E-state index contributed by atoms with van der Waals surface area (Å²) in [7, 11) is -16.4. The summed E-state index contributed by atoms with van der Waals surface area (Å²) in [5.41, 5.74) is 4.24. The topological polar surface area (TPSA) is 384 Å². The Bertz CT molecular complexity index is 1850. The average Bonchev–Trinajstić information content (AvgIpc) is 3.66. The van der Waals surface area contributed by atoms with E-state index in [2.05, 4.69) is 34.4 Å². The molecule has 1 aliphatic heterocycles. The number of thioether (sulfide) groups is 1. The van der Waals surface area contributed by atoms with Gasteiger partial charge in [-0.1, -0.05) is 31.7 Å². The first-order valence-electron chi connectivity index (χ1n) is 16.4. The molecule has 0 spiro atoms. The zero-order valence-electron chi connectivity index (χ0n) is 29.8. The van der Waals surface area contributed by atoms with Gasteiger partial charge in [-0.25, -0.2) is 28.6 Å². The van der Waals surface area contributed by atoms with Gasteiger partial charge in [-0.2, -0.15) is 4.31 Å². The van der Waals surface area contributed by atoms with Crippen molar-refractivity contribution in [1.29, 1.82) is 0 Å². The van der Waals surface area contributed by atoms with E-state index in [4.69, 9.17) is 24.6 Å². The highest BCUT2D eigenvalue weighted by atomic mass is 32.2. The van der Waals surface area contributed by atoms with Gasteiger partial charge in [-0.15, -0.1) is 0 Å². The van der Waals surface area contributed by atoms with Crippen molar-refractivity contribution in [3.8, 4) is 0 Å². The van der Waals surface area contributed by atoms with Crippen molar-refractivity contribution in [2.45, 2.75) is 63.8 Å². The third kappa shape index (κ3) is 14.9. The lowest BCUT2D eigenvalue weighted by Gasteiger charge is -2.30. The molecule has 2 aromatic rings. The molecule has 2 amide bonds. The molecule has 1 fully saturated rings. The fourth-order valence-electron chi connectivity index (χ4n) is 4.72. The molecular formula is C27H44N7O18P3S. The number of ether oxygens (including phenoxy) is 1. The van der Waals surface area contributed by atoms with Crippen molar-refractivity contribution in [2.24, 2.45) is 5.41 Å². The molecule has 2 aromatic heterocycles. The molecule has 0 saturated carbocycles. The number of aliphatic hydroxyl groups is 3. The summed E-state index contributed by atoms with van der Waals surface area (Å²) in [5.74, 6) is -1.21. The minimum absolute atomic E-state index is 0.0174. The van der Waals surface area contributed by atoms with Crippen LogP contribution in [-0.2, 0) is 50.7 Å². The number of unbranched alkanes of at least 4 members (excludes halogenated alkanes) is 1. The van der Waals surface area contributed by atoms with Crippen molar-refractivity contribution < 1.29 is 85.6 Å². The second kappa shape index (κ2) is 20.8. The molecule has 3 rings (SSSR count). The summed E-state index contributed by atoms with van der Waals surface area (Å²) in [6.07, 6.45) is -2.86. The van der Waals surface area contributed by atoms with Crippen molar-refractivity contribution in [3.05, 3.63) is 24.8 Å². The summed E-state index contributed by atoms with van der Waals surface area (Å²) in [4.78, 5) is 87.2. The fourth-order valence-corrected chi connectivity index (χ4v) is 8.15. The Hall–Kier alpha value is -2.74. The molecule has 316 valence electrons. The number of nitrogens with zero attached hydrogens (tertiary/aromatic N) is 4. The molecule has 1 aliphatic rings. The quantitative estimate of drug-likeness (QED) is 0.0363. The Morgan fingerprint density at radius 1 is 1.09 bits per heavy atom. The summed E-state index contributed by atoms with van der Waals surface area (Å²) in [6, 6.07) is 0. The highest BCUT2D eigenvalue weighted by Gasteiger charge is 2.50. The number of carbonyl (C=O) groups is 3. The number of fused-ring (bicyclic) bond motifs is 1. The first-order chi connectivity index (χ1) is 26.1. The first kappa shape index (κ1) is 47.6. The van der Waals surface area contributed by atoms with Gasteiger partial charge in [-0.3, -0.25) is 32.5 Å². The highest BCUT2D eigenvalue weighted by Crippen LogP contribution is 2.61. The van der Waals surface area contributed by atoms with E-state index < -0.39 is 84.6 Å². The second-order valence-electron chi connectivity index (χ2n) is 12.5. The zero-order valence-corrected chi connectivity index (χ0v) is 33.3. The van der Waals surface area contributed by atoms with Crippen molar-refractivity contribution in [2.75, 3.05) is 44.4 Å². The van der Waals surface area contributed by atoms with Crippen LogP contribution in [0, 0.1) is 5.41 Å². The average molecular weight is 880 g/mol. The number of carbonyl (C=O) groups excluding carboxylic acids is 3. The number of phosphoric ester groups is 3. The molecule has 29 heteroatoms. The van der Waals surface area contributed by atoms with Crippen LogP contribution in [0.25, 0.3) is 11.2 Å². The number of anilines is 1. The van der Waals surface area contributed by atoms with Crippen molar-refractivity contribution in [1.82, 2.24) is 30.2 Å². The Balaban J connectivity index is 1.48. The molecule has 0 aliphatic carbocycles. The Morgan fingerprint density at radius 3 is 2.46 bits per heavy atom. The van der Waals surface area contributed by atoms with E-state index in [1.807, 2.05) is 0 Å². The number of nitrogens with two attached hydrogens (primary N) is 1. The number of hydrogen-bond donors (Lipinski definition) is 10. The van der Waals surface area contributed by atoms with Gasteiger partial charge in [0.1, 0.15) is 36.3 Å². The van der Waals surface area contributed by atoms with Crippen molar-refractivity contribution >= 4 is 69.1 Å². The van der Waals surface area contributed by atoms with Crippen LogP contribution in [0.5, 0.6) is 0 Å². The minimum Gasteiger partial charge on any atom is -0.396 e. The van der Waals surface area contributed by atoms with Crippen LogP contribution < -0.4 is 16.4 Å². The number of aromatic nitrogens is 4. The summed E-state index contributed by atoms with van der Waals surface area (Å²) < 4.78 is 62.0. The van der Waals surface area contributed by atoms with Gasteiger partial charge in [0.2, 0.25) is 16.9 Å². The van der Waals surface area contributed by atoms with Gasteiger partial charge >= 0.3 is 23.5 Å². The Kier molecular flexibility index (Phi) is 17.7. The van der Waals surface area contributed by atoms with E-state index in [-0.39, 0.29) is 54.0 Å². The van der Waals surface area contributed by atoms with E-state index >= 15 is 0 Å². The summed E-state index contributed by atoms with van der Waals surface area (Å²) in [6.45, 7) is 0.414. The molecule has 11 N–H and O–H groups in total. The fraction of sp³-hybridized carbons (Fsp3) is 0.630. The highest BCUT2D eigenvalue weighted by molar-refractivity contribution is 8.14. The second-order valence-corrected chi connectivity index (χ2v) is 17.8. The first-order valence-corrected chi connectivity index (χ1v) is 21.9. The van der Waals surface area contributed by atoms with Gasteiger partial charge in [0.25, 0.3) is 0 Å². The molecule has 7 atom stereocenters. The maximum Gasteiger partial charge on any atom is 0.481 e. The number of rotatable bonds is 23. The lowest BCUT2D eigenvalue weighted by Crippen LogP contribution is -2.46. The monoisotopic (exact) mass is 879 g/mol. The molecule has 2 unspecified atom stereocenters. The Labute approximate surface area is 322 Å². The zero-order chi connectivity index (χ0) is 41.9. The molecule has 1 saturated heterocycles. The van der Waals surface area contributed by atoms with Gasteiger partial charge in [0.05, 0.1) is 19.5 Å². The van der Waals surface area contributed by atoms with Crippen LogP contribution in [0.3, 0.4) is 0 Å². The molecule has 0 aromatic carbocycles. The third-order valence-corrected chi connectivity index (χ3v) is 11.5. The van der Waals surface area contributed by atoms with Crippen LogP contribution in [-0.4, -0.2) is 134 Å². The van der Waals surface area contributed by atoms with Crippen molar-refractivity contribution in [3.63, 3.8) is 0 Å². The van der Waals surface area contributed by atoms with E-state index in [1.165, 1.54) is 19.9 Å². The van der Waals surface area contributed by atoms with Gasteiger partial charge in [0.15, 0.2) is 17.7 Å². The van der Waals surface area contributed by atoms with Gasteiger partial charge < -0.3 is 56.0 Å². The van der Waals surface area contributed by atoms with E-state index in [0.29, 0.717) is 12.8 Å². The molecule has 0 radical (unpaired) electrons. The normalized spacial score (nSPS) is 21.8. The van der Waals surface area contributed by atoms with Crippen LogP contribution in [0.2, 0.25) is 0 Å². The third-order valence-electron chi connectivity index (χ3n) is 7.53. The maximum absolute atomic E-state index is 12.7. The van der Waals surface area contributed by atoms with Crippen LogP contribution in [0.15, 0.2) is 24.8 Å². The van der Waals surface area contributed by atoms with E-state index in [1.54, 1.807) is 6.08 Å². The minimum atomic E-state index is -5.58. The largest absolute Gasteiger partial charge is 0.481 e. The number of hydrogen-bond acceptors (Lipinski definition) is 19. The van der Waals surface area contributed by atoms with Crippen LogP contribution in [0.4, 0.5) is 5.82 Å². The number of phosphoric acid groups is 3. The van der Waals surface area contributed by atoms with E-state index in [9.17, 15) is 57.9 Å². The number of nitrogens with one attached hydrogen (secondary N) is 2. The molecule has 25 nitrogen and oxygen atoms in total. The Morgan fingerprint density at radius 2 is 1.79 bits per heavy atom. The molecule has 0 bridgehead atoms. The van der Waals surface area contributed by atoms with Gasteiger partial charge in [0, 0.05) is 37.3 Å². The molecular weight excluding hydrogens is 835 g/mol. The predicted molar refractivity (Wildman–Crippen MR) is 193 cm³/mol. The number of allylic oxidation sites excluding steroid dienone is 1. The summed E-state index contributed by atoms with van der Waals surface area (Å²) >= 11 is 0.979. The number of aliphatic hydroxyl groups excluding tert-OH is 3. The van der Waals surface area contributed by atoms with Crippen LogP contribution >= 0.6 is 35.2 Å². The van der Waals surface area contributed by atoms with E-state index in [0.717, 1.165) is 29.0 Å². The standard InChI is InChI=1S/C27H44N7O18P3S/c1-27(2,22(39)25(40)30-8-7-17(36)29-9-11-56-18(37)6-4-3-5-10-35)13-49-55(46,47)52-54(44,45)48-12-16-21(51-53(41,42)43)20(38)26(50-16)34-15-33-19-23(28)31-14-32-24(19)34/h4,6,14-16,20-22,26,35,38-39H,3,5,7-13H2,1-2H3,(H,29,36)(H,30,40)(H,44,45)(H,46,47)(H2,28,31,32)(H2,41,42,43)/b6-4+/t16-,20-,21-,22+,26-/m1/s1. The smallest absolute Gasteiger partial charge is 0.396 e. The number of imidazole rings is 1. The molecule has 56 heavy (non-hydrogen) atoms.